The van der Waals surface area contributed by atoms with E-state index in [9.17, 15) is 9.59 Å². The molecule has 0 aliphatic carbocycles. The summed E-state index contributed by atoms with van der Waals surface area (Å²) in [5, 5.41) is 0.777. The second kappa shape index (κ2) is 24.6. The van der Waals surface area contributed by atoms with E-state index in [-0.39, 0.29) is 59.1 Å². The molecule has 14 heteroatoms. The molecule has 4 fully saturated rings. The normalized spacial score (nSPS) is 27.4. The first kappa shape index (κ1) is 49.6. The Morgan fingerprint density at radius 1 is 0.444 bits per heavy atom. The molecule has 0 aromatic heterocycles. The van der Waals surface area contributed by atoms with Crippen molar-refractivity contribution in [3.05, 3.63) is 215 Å². The van der Waals surface area contributed by atoms with Crippen molar-refractivity contribution in [3.63, 3.8) is 0 Å². The van der Waals surface area contributed by atoms with Crippen LogP contribution in [0.1, 0.15) is 52.5 Å². The van der Waals surface area contributed by atoms with Crippen LogP contribution in [0.5, 0.6) is 0 Å². The van der Waals surface area contributed by atoms with E-state index in [1.165, 1.54) is 0 Å². The maximum Gasteiger partial charge on any atom is 0.254 e. The van der Waals surface area contributed by atoms with Crippen LogP contribution < -0.4 is 0 Å². The van der Waals surface area contributed by atoms with Crippen molar-refractivity contribution in [3.8, 4) is 0 Å². The number of fused-ring (bicyclic) bond motifs is 1. The number of hydroxylamine groups is 2. The second-order valence-corrected chi connectivity index (χ2v) is 18.1. The monoisotopic (exact) mass is 977 g/mol. The molecule has 374 valence electrons. The number of amides is 2. The fourth-order valence-corrected chi connectivity index (χ4v) is 9.30. The van der Waals surface area contributed by atoms with Crippen molar-refractivity contribution in [2.75, 3.05) is 13.2 Å². The van der Waals surface area contributed by atoms with Crippen LogP contribution in [0.15, 0.2) is 182 Å². The van der Waals surface area contributed by atoms with Crippen molar-refractivity contribution in [2.45, 2.75) is 114 Å². The summed E-state index contributed by atoms with van der Waals surface area (Å²) in [6, 6.07) is 58.7. The molecule has 2 amide bonds. The van der Waals surface area contributed by atoms with Crippen molar-refractivity contribution < 1.29 is 61.8 Å². The lowest BCUT2D eigenvalue weighted by molar-refractivity contribution is -0.404. The third-order valence-electron chi connectivity index (χ3n) is 13.0. The average molecular weight is 978 g/mol. The lowest BCUT2D eigenvalue weighted by atomic mass is 9.95. The van der Waals surface area contributed by atoms with Crippen LogP contribution in [0.4, 0.5) is 0 Å². The van der Waals surface area contributed by atoms with Gasteiger partial charge in [0.15, 0.2) is 12.6 Å². The number of carbonyl (C=O) groups is 2. The van der Waals surface area contributed by atoms with Gasteiger partial charge in [0.05, 0.1) is 46.2 Å². The van der Waals surface area contributed by atoms with Crippen molar-refractivity contribution >= 4 is 11.8 Å². The standard InChI is InChI=1S/C58H59NO13/c60-48-31-32-49(61)59(48)72-58-55(66-37-44-27-15-5-16-28-44)53(64-35-42-23-11-3-12-24-42)50(46(69-58)38-62-33-40-19-7-1-8-20-40)71-57-54(65-36-43-25-13-4-14-26-43)52(63-34-41-21-9-2-10-22-41)51-47(68-57)39-67-56(70-51)45-29-17-6-18-30-45/h1-30,46-47,50-58H,31-39H2/t46-,47-,50-,51+,52+,53+,54-,55-,56?,57+,58-/m1/s1. The molecule has 4 heterocycles. The van der Waals surface area contributed by atoms with Crippen molar-refractivity contribution in [1.29, 1.82) is 0 Å². The molecular formula is C58H59NO13. The van der Waals surface area contributed by atoms with Gasteiger partial charge in [-0.2, -0.15) is 5.06 Å². The zero-order chi connectivity index (χ0) is 48.9. The number of carbonyl (C=O) groups excluding carboxylic acids is 2. The van der Waals surface area contributed by atoms with E-state index in [0.29, 0.717) is 0 Å². The highest BCUT2D eigenvalue weighted by Crippen LogP contribution is 2.40. The molecule has 72 heavy (non-hydrogen) atoms. The highest BCUT2D eigenvalue weighted by Gasteiger charge is 2.56. The lowest BCUT2D eigenvalue weighted by Gasteiger charge is -2.51. The van der Waals surface area contributed by atoms with Crippen molar-refractivity contribution in [1.82, 2.24) is 5.06 Å². The van der Waals surface area contributed by atoms with E-state index in [1.54, 1.807) is 0 Å². The molecule has 0 bridgehead atoms. The van der Waals surface area contributed by atoms with Gasteiger partial charge in [-0.1, -0.05) is 182 Å². The minimum absolute atomic E-state index is 0.00294. The SMILES string of the molecule is O=C1CCC(=O)N1O[C@H]1O[C@H](COCc2ccccc2)[C@@H](O[C@@H]2O[C@@H]3COC(c4ccccc4)O[C@@H]3[C@H](OCc3ccccc3)[C@H]2OCc2ccccc2)[C@H](OCc2ccccc2)[C@H]1OCc1ccccc1. The summed E-state index contributed by atoms with van der Waals surface area (Å²) in [4.78, 5) is 32.7. The maximum absolute atomic E-state index is 13.2. The van der Waals surface area contributed by atoms with Crippen LogP contribution in [-0.4, -0.2) is 91.5 Å². The van der Waals surface area contributed by atoms with Gasteiger partial charge in [0.25, 0.3) is 11.8 Å². The number of nitrogens with zero attached hydrogens (tertiary/aromatic N) is 1. The van der Waals surface area contributed by atoms with Gasteiger partial charge in [-0.15, -0.1) is 0 Å². The third-order valence-corrected chi connectivity index (χ3v) is 13.0. The van der Waals surface area contributed by atoms with E-state index in [0.717, 1.165) is 38.4 Å². The van der Waals surface area contributed by atoms with E-state index >= 15 is 0 Å². The first-order valence-corrected chi connectivity index (χ1v) is 24.6. The lowest BCUT2D eigenvalue weighted by Crippen LogP contribution is -2.67. The number of rotatable bonds is 21. The van der Waals surface area contributed by atoms with Gasteiger partial charge in [-0.05, 0) is 27.8 Å². The summed E-state index contributed by atoms with van der Waals surface area (Å²) < 4.78 is 68.7. The van der Waals surface area contributed by atoms with E-state index in [2.05, 4.69) is 0 Å². The molecule has 0 N–H and O–H groups in total. The number of imide groups is 1. The molecule has 11 atom stereocenters. The zero-order valence-electron chi connectivity index (χ0n) is 39.8. The average Bonchev–Trinajstić information content (AvgIpc) is 3.75. The first-order chi connectivity index (χ1) is 35.5. The topological polar surface area (TPSA) is 139 Å². The van der Waals surface area contributed by atoms with Crippen LogP contribution in [0.25, 0.3) is 0 Å². The summed E-state index contributed by atoms with van der Waals surface area (Å²) in [5.74, 6) is -0.974. The van der Waals surface area contributed by atoms with Gasteiger partial charge >= 0.3 is 0 Å². The van der Waals surface area contributed by atoms with Gasteiger partial charge in [0, 0.05) is 18.4 Å². The van der Waals surface area contributed by atoms with Gasteiger partial charge < -0.3 is 47.4 Å². The van der Waals surface area contributed by atoms with Gasteiger partial charge in [0.2, 0.25) is 6.29 Å². The number of ether oxygens (including phenoxy) is 10. The van der Waals surface area contributed by atoms with Crippen LogP contribution >= 0.6 is 0 Å². The van der Waals surface area contributed by atoms with Crippen LogP contribution in [0, 0.1) is 0 Å². The quantitative estimate of drug-likeness (QED) is 0.0638. The molecule has 0 saturated carbocycles. The largest absolute Gasteiger partial charge is 0.374 e. The van der Waals surface area contributed by atoms with Gasteiger partial charge in [0.1, 0.15) is 48.8 Å². The molecule has 0 spiro atoms. The summed E-state index contributed by atoms with van der Waals surface area (Å²) in [7, 11) is 0. The molecule has 10 rings (SSSR count). The predicted molar refractivity (Wildman–Crippen MR) is 261 cm³/mol. The molecule has 0 radical (unpaired) electrons. The molecule has 6 aromatic carbocycles. The van der Waals surface area contributed by atoms with Crippen molar-refractivity contribution in [2.24, 2.45) is 0 Å². The highest BCUT2D eigenvalue weighted by molar-refractivity contribution is 6.00. The first-order valence-electron chi connectivity index (χ1n) is 24.6. The number of benzene rings is 6. The molecule has 4 saturated heterocycles. The molecular weight excluding hydrogens is 919 g/mol. The fourth-order valence-electron chi connectivity index (χ4n) is 9.30. The third kappa shape index (κ3) is 12.6. The minimum atomic E-state index is -1.34. The Morgan fingerprint density at radius 3 is 1.38 bits per heavy atom. The Balaban J connectivity index is 1.04. The predicted octanol–water partition coefficient (Wildman–Crippen LogP) is 8.57. The summed E-state index contributed by atoms with van der Waals surface area (Å²) in [6.45, 7) is 0.998. The van der Waals surface area contributed by atoms with Crippen LogP contribution in [0.2, 0.25) is 0 Å². The van der Waals surface area contributed by atoms with Gasteiger partial charge in [-0.3, -0.25) is 9.59 Å². The Hall–Kier alpha value is -5.98. The Bertz CT molecular complexity index is 2570. The summed E-state index contributed by atoms with van der Waals surface area (Å²) >= 11 is 0. The second-order valence-electron chi connectivity index (χ2n) is 18.1. The fraction of sp³-hybridized carbons (Fsp3) is 0.345. The van der Waals surface area contributed by atoms with Crippen LogP contribution in [-0.2, 0) is 94.8 Å². The molecule has 4 aliphatic heterocycles. The van der Waals surface area contributed by atoms with E-state index in [4.69, 9.17) is 52.2 Å². The Kier molecular flexibility index (Phi) is 17.0. The Morgan fingerprint density at radius 2 is 0.875 bits per heavy atom. The molecule has 1 unspecified atom stereocenters. The summed E-state index contributed by atoms with van der Waals surface area (Å²) in [6.07, 6.45) is -10.3. The van der Waals surface area contributed by atoms with Gasteiger partial charge in [-0.25, -0.2) is 4.84 Å². The maximum atomic E-state index is 13.2. The molecule has 4 aliphatic rings. The number of hydrogen-bond acceptors (Lipinski definition) is 13. The Labute approximate surface area is 419 Å². The van der Waals surface area contributed by atoms with E-state index < -0.39 is 79.5 Å². The van der Waals surface area contributed by atoms with Crippen LogP contribution in [0.3, 0.4) is 0 Å². The molecule has 14 nitrogen and oxygen atoms in total. The number of hydrogen-bond donors (Lipinski definition) is 0. The smallest absolute Gasteiger partial charge is 0.254 e. The highest BCUT2D eigenvalue weighted by atomic mass is 16.8. The minimum Gasteiger partial charge on any atom is -0.374 e. The molecule has 6 aromatic rings. The summed E-state index contributed by atoms with van der Waals surface area (Å²) in [5.41, 5.74) is 5.41. The van der Waals surface area contributed by atoms with E-state index in [1.807, 2.05) is 182 Å². The zero-order valence-corrected chi connectivity index (χ0v) is 39.8.